The van der Waals surface area contributed by atoms with Crippen LogP contribution in [0.4, 0.5) is 8.78 Å². The summed E-state index contributed by atoms with van der Waals surface area (Å²) < 4.78 is 26.9. The first-order chi connectivity index (χ1) is 10.4. The molecule has 3 heterocycles. The summed E-state index contributed by atoms with van der Waals surface area (Å²) in [5.41, 5.74) is 0.398. The minimum absolute atomic E-state index is 0.124. The maximum Gasteiger partial charge on any atom is 0.262 e. The van der Waals surface area contributed by atoms with E-state index in [2.05, 4.69) is 9.97 Å². The van der Waals surface area contributed by atoms with Gasteiger partial charge in [0.15, 0.2) is 0 Å². The molecule has 2 saturated heterocycles. The molecule has 0 bridgehead atoms. The monoisotopic (exact) mass is 312 g/mol. The zero-order valence-electron chi connectivity index (χ0n) is 12.2. The minimum atomic E-state index is -2.76. The Bertz CT molecular complexity index is 560. The predicted octanol–water partition coefficient (Wildman–Crippen LogP) is 0.311. The average molecular weight is 312 g/mol. The van der Waals surface area contributed by atoms with Crippen molar-refractivity contribution in [1.82, 2.24) is 19.8 Å². The maximum atomic E-state index is 13.5. The number of hydrogen-bond acceptors (Lipinski definition) is 5. The smallest absolute Gasteiger partial charge is 0.262 e. The van der Waals surface area contributed by atoms with Gasteiger partial charge >= 0.3 is 0 Å². The van der Waals surface area contributed by atoms with Gasteiger partial charge in [-0.25, -0.2) is 18.7 Å². The van der Waals surface area contributed by atoms with Crippen molar-refractivity contribution in [2.45, 2.75) is 31.4 Å². The Hall–Kier alpha value is -1.67. The molecule has 0 saturated carbocycles. The average Bonchev–Trinajstić information content (AvgIpc) is 2.73. The molecular weight excluding hydrogens is 294 g/mol. The van der Waals surface area contributed by atoms with Crippen LogP contribution in [0.3, 0.4) is 0 Å². The molecule has 120 valence electrons. The van der Waals surface area contributed by atoms with E-state index >= 15 is 0 Å². The number of rotatable bonds is 3. The molecule has 1 amide bonds. The van der Waals surface area contributed by atoms with Gasteiger partial charge in [-0.2, -0.15) is 0 Å². The minimum Gasteiger partial charge on any atom is -0.395 e. The molecule has 2 aliphatic rings. The number of aliphatic hydroxyl groups excluding tert-OH is 1. The molecule has 2 aliphatic heterocycles. The Morgan fingerprint density at radius 2 is 2.05 bits per heavy atom. The first kappa shape index (κ1) is 15.2. The summed E-state index contributed by atoms with van der Waals surface area (Å²) in [4.78, 5) is 23.4. The number of nitrogens with zero attached hydrogens (tertiary/aromatic N) is 4. The number of amides is 1. The highest BCUT2D eigenvalue weighted by Crippen LogP contribution is 2.35. The third kappa shape index (κ3) is 2.80. The summed E-state index contributed by atoms with van der Waals surface area (Å²) >= 11 is 0. The molecule has 8 heteroatoms. The molecule has 3 rings (SSSR count). The molecule has 1 aromatic heterocycles. The fourth-order valence-corrected chi connectivity index (χ4v) is 3.04. The van der Waals surface area contributed by atoms with Gasteiger partial charge in [0.1, 0.15) is 5.82 Å². The number of likely N-dealkylation sites (tertiary alicyclic amines) is 2. The number of carbonyl (C=O) groups excluding carboxylic acids is 1. The Morgan fingerprint density at radius 3 is 2.64 bits per heavy atom. The van der Waals surface area contributed by atoms with Crippen molar-refractivity contribution >= 4 is 5.91 Å². The number of carbonyl (C=O) groups is 1. The van der Waals surface area contributed by atoms with Gasteiger partial charge in [-0.3, -0.25) is 9.69 Å². The quantitative estimate of drug-likeness (QED) is 0.870. The lowest BCUT2D eigenvalue weighted by Gasteiger charge is -2.45. The summed E-state index contributed by atoms with van der Waals surface area (Å²) in [7, 11) is 0. The topological polar surface area (TPSA) is 69.6 Å². The fourth-order valence-electron chi connectivity index (χ4n) is 3.04. The van der Waals surface area contributed by atoms with E-state index in [1.165, 1.54) is 12.4 Å². The first-order valence-corrected chi connectivity index (χ1v) is 7.22. The number of hydrogen-bond donors (Lipinski definition) is 1. The molecule has 2 fully saturated rings. The van der Waals surface area contributed by atoms with Crippen LogP contribution in [0.25, 0.3) is 0 Å². The lowest BCUT2D eigenvalue weighted by molar-refractivity contribution is -0.0125. The normalized spacial score (nSPS) is 25.3. The third-order valence-electron chi connectivity index (χ3n) is 4.27. The van der Waals surface area contributed by atoms with Crippen LogP contribution >= 0.6 is 0 Å². The number of aryl methyl sites for hydroxylation is 1. The molecule has 0 aromatic carbocycles. The Kier molecular flexibility index (Phi) is 3.82. The zero-order chi connectivity index (χ0) is 15.9. The Labute approximate surface area is 126 Å². The van der Waals surface area contributed by atoms with Crippen molar-refractivity contribution in [2.24, 2.45) is 0 Å². The third-order valence-corrected chi connectivity index (χ3v) is 4.27. The second-order valence-corrected chi connectivity index (χ2v) is 5.95. The van der Waals surface area contributed by atoms with Gasteiger partial charge < -0.3 is 10.0 Å². The molecule has 6 nitrogen and oxygen atoms in total. The molecule has 1 aromatic rings. The van der Waals surface area contributed by atoms with E-state index in [9.17, 15) is 18.7 Å². The van der Waals surface area contributed by atoms with Crippen LogP contribution in [0.15, 0.2) is 12.4 Å². The predicted molar refractivity (Wildman–Crippen MR) is 73.6 cm³/mol. The molecule has 0 radical (unpaired) electrons. The van der Waals surface area contributed by atoms with Crippen molar-refractivity contribution in [3.05, 3.63) is 23.8 Å². The SMILES string of the molecule is Cc1ncc(C(=O)N2CC(N3CC(F)(F)C[C@H]3CO)C2)cn1. The summed E-state index contributed by atoms with van der Waals surface area (Å²) in [5, 5.41) is 9.24. The summed E-state index contributed by atoms with van der Waals surface area (Å²) in [6.45, 7) is 1.87. The lowest BCUT2D eigenvalue weighted by Crippen LogP contribution is -2.62. The van der Waals surface area contributed by atoms with Crippen molar-refractivity contribution in [3.8, 4) is 0 Å². The molecule has 1 atom stereocenters. The Balaban J connectivity index is 1.60. The van der Waals surface area contributed by atoms with Gasteiger partial charge in [0.2, 0.25) is 0 Å². The Morgan fingerprint density at radius 1 is 1.41 bits per heavy atom. The van der Waals surface area contributed by atoms with Gasteiger partial charge in [0.25, 0.3) is 11.8 Å². The van der Waals surface area contributed by atoms with Gasteiger partial charge in [-0.1, -0.05) is 0 Å². The first-order valence-electron chi connectivity index (χ1n) is 7.22. The maximum absolute atomic E-state index is 13.5. The van der Waals surface area contributed by atoms with Crippen LogP contribution in [0.5, 0.6) is 0 Å². The molecule has 1 N–H and O–H groups in total. The highest BCUT2D eigenvalue weighted by molar-refractivity contribution is 5.94. The van der Waals surface area contributed by atoms with Crippen LogP contribution in [0.1, 0.15) is 22.6 Å². The van der Waals surface area contributed by atoms with E-state index < -0.39 is 12.0 Å². The van der Waals surface area contributed by atoms with Gasteiger partial charge in [-0.15, -0.1) is 0 Å². The van der Waals surface area contributed by atoms with E-state index in [-0.39, 0.29) is 31.5 Å². The van der Waals surface area contributed by atoms with Crippen molar-refractivity contribution in [1.29, 1.82) is 0 Å². The van der Waals surface area contributed by atoms with Crippen LogP contribution in [0.2, 0.25) is 0 Å². The van der Waals surface area contributed by atoms with Gasteiger partial charge in [0, 0.05) is 44.0 Å². The second kappa shape index (κ2) is 5.51. The number of halogens is 2. The highest BCUT2D eigenvalue weighted by Gasteiger charge is 2.49. The second-order valence-electron chi connectivity index (χ2n) is 5.95. The number of aromatic nitrogens is 2. The van der Waals surface area contributed by atoms with Crippen LogP contribution in [-0.2, 0) is 0 Å². The van der Waals surface area contributed by atoms with Crippen LogP contribution in [-0.4, -0.2) is 75.0 Å². The summed E-state index contributed by atoms with van der Waals surface area (Å²) in [6.07, 6.45) is 2.62. The van der Waals surface area contributed by atoms with E-state index in [0.717, 1.165) is 0 Å². The van der Waals surface area contributed by atoms with E-state index in [1.54, 1.807) is 16.7 Å². The lowest BCUT2D eigenvalue weighted by atomic mass is 10.0. The van der Waals surface area contributed by atoms with Crippen molar-refractivity contribution in [3.63, 3.8) is 0 Å². The van der Waals surface area contributed by atoms with E-state index in [0.29, 0.717) is 24.5 Å². The summed E-state index contributed by atoms with van der Waals surface area (Å²) in [5.74, 6) is -2.37. The molecule has 0 spiro atoms. The van der Waals surface area contributed by atoms with Crippen molar-refractivity contribution < 1.29 is 18.7 Å². The molecule has 0 unspecified atom stereocenters. The molecule has 0 aliphatic carbocycles. The van der Waals surface area contributed by atoms with E-state index in [4.69, 9.17) is 0 Å². The van der Waals surface area contributed by atoms with Gasteiger partial charge in [-0.05, 0) is 6.92 Å². The van der Waals surface area contributed by atoms with Crippen LogP contribution < -0.4 is 0 Å². The molecular formula is C14H18F2N4O2. The molecule has 22 heavy (non-hydrogen) atoms. The fraction of sp³-hybridized carbons (Fsp3) is 0.643. The van der Waals surface area contributed by atoms with Gasteiger partial charge in [0.05, 0.1) is 18.7 Å². The summed E-state index contributed by atoms with van der Waals surface area (Å²) in [6, 6.07) is -0.652. The number of aliphatic hydroxyl groups is 1. The standard InChI is InChI=1S/C14H18F2N4O2/c1-9-17-3-10(4-18-9)13(22)19-5-12(6-19)20-8-14(15,16)2-11(20)7-21/h3-4,11-12,21H,2,5-8H2,1H3/t11-/m0/s1. The highest BCUT2D eigenvalue weighted by atomic mass is 19.3. The largest absolute Gasteiger partial charge is 0.395 e. The van der Waals surface area contributed by atoms with Crippen LogP contribution in [0, 0.1) is 6.92 Å². The van der Waals surface area contributed by atoms with Crippen molar-refractivity contribution in [2.75, 3.05) is 26.2 Å². The number of alkyl halides is 2. The zero-order valence-corrected chi connectivity index (χ0v) is 12.2. The van der Waals surface area contributed by atoms with E-state index in [1.807, 2.05) is 0 Å².